The van der Waals surface area contributed by atoms with Gasteiger partial charge in [0.05, 0.1) is 25.4 Å². The Morgan fingerprint density at radius 1 is 1.55 bits per heavy atom. The molecule has 1 aliphatic rings. The highest BCUT2D eigenvalue weighted by Gasteiger charge is 2.16. The van der Waals surface area contributed by atoms with Gasteiger partial charge in [0.25, 0.3) is 0 Å². The number of aliphatic hydroxyl groups is 1. The number of anilines is 1. The summed E-state index contributed by atoms with van der Waals surface area (Å²) in [7, 11) is 0. The van der Waals surface area contributed by atoms with E-state index in [-0.39, 0.29) is 6.10 Å². The van der Waals surface area contributed by atoms with Gasteiger partial charge in [0, 0.05) is 28.3 Å². The van der Waals surface area contributed by atoms with E-state index in [2.05, 4.69) is 21.2 Å². The number of hydrogen-bond acceptors (Lipinski definition) is 4. The van der Waals surface area contributed by atoms with Crippen molar-refractivity contribution in [1.82, 2.24) is 0 Å². The molecule has 1 saturated heterocycles. The van der Waals surface area contributed by atoms with E-state index in [0.29, 0.717) is 24.8 Å². The highest BCUT2D eigenvalue weighted by molar-refractivity contribution is 9.10. The van der Waals surface area contributed by atoms with Crippen LogP contribution >= 0.6 is 27.5 Å². The van der Waals surface area contributed by atoms with Crippen molar-refractivity contribution in [1.29, 1.82) is 0 Å². The summed E-state index contributed by atoms with van der Waals surface area (Å²) in [6.07, 6.45) is 1.79. The van der Waals surface area contributed by atoms with Gasteiger partial charge in [-0.3, -0.25) is 0 Å². The summed E-state index contributed by atoms with van der Waals surface area (Å²) in [5.74, 6) is 0. The fourth-order valence-corrected chi connectivity index (χ4v) is 2.85. The lowest BCUT2D eigenvalue weighted by atomic mass is 10.2. The minimum absolute atomic E-state index is 0.195. The topological polar surface area (TPSA) is 50.7 Å². The SMILES string of the molecule is OC(CNc1ccc(Cl)cc1Br)COCC1CCCO1. The van der Waals surface area contributed by atoms with E-state index in [1.54, 1.807) is 6.07 Å². The summed E-state index contributed by atoms with van der Waals surface area (Å²) in [4.78, 5) is 0. The van der Waals surface area contributed by atoms with Gasteiger partial charge in [-0.05, 0) is 47.0 Å². The van der Waals surface area contributed by atoms with E-state index in [0.717, 1.165) is 29.6 Å². The molecule has 1 aliphatic heterocycles. The van der Waals surface area contributed by atoms with Gasteiger partial charge in [-0.15, -0.1) is 0 Å². The van der Waals surface area contributed by atoms with Crippen molar-refractivity contribution in [3.05, 3.63) is 27.7 Å². The molecule has 0 aromatic heterocycles. The molecule has 6 heteroatoms. The van der Waals surface area contributed by atoms with Gasteiger partial charge in [-0.2, -0.15) is 0 Å². The third-order valence-electron chi connectivity index (χ3n) is 3.10. The zero-order valence-electron chi connectivity index (χ0n) is 11.1. The van der Waals surface area contributed by atoms with E-state index in [1.807, 2.05) is 12.1 Å². The van der Waals surface area contributed by atoms with E-state index >= 15 is 0 Å². The summed E-state index contributed by atoms with van der Waals surface area (Å²) in [5.41, 5.74) is 0.896. The second-order valence-electron chi connectivity index (χ2n) is 4.83. The first kappa shape index (κ1) is 16.0. The molecule has 0 spiro atoms. The van der Waals surface area contributed by atoms with Crippen LogP contribution in [0.2, 0.25) is 5.02 Å². The van der Waals surface area contributed by atoms with Crippen LogP contribution in [0.4, 0.5) is 5.69 Å². The van der Waals surface area contributed by atoms with Gasteiger partial charge in [0.2, 0.25) is 0 Å². The van der Waals surface area contributed by atoms with Crippen LogP contribution in [0.25, 0.3) is 0 Å². The highest BCUT2D eigenvalue weighted by Crippen LogP contribution is 2.25. The molecular formula is C14H19BrClNO3. The van der Waals surface area contributed by atoms with Crippen molar-refractivity contribution in [2.24, 2.45) is 0 Å². The van der Waals surface area contributed by atoms with Gasteiger partial charge in [-0.1, -0.05) is 11.6 Å². The van der Waals surface area contributed by atoms with Crippen molar-refractivity contribution in [3.8, 4) is 0 Å². The molecule has 2 unspecified atom stereocenters. The monoisotopic (exact) mass is 363 g/mol. The first-order chi connectivity index (χ1) is 9.65. The summed E-state index contributed by atoms with van der Waals surface area (Å²) in [6, 6.07) is 5.48. The Morgan fingerprint density at radius 2 is 2.40 bits per heavy atom. The minimum atomic E-state index is -0.556. The molecule has 1 fully saturated rings. The van der Waals surface area contributed by atoms with Gasteiger partial charge in [-0.25, -0.2) is 0 Å². The molecule has 1 heterocycles. The summed E-state index contributed by atoms with van der Waals surface area (Å²) < 4.78 is 11.8. The van der Waals surface area contributed by atoms with Crippen LogP contribution in [0, 0.1) is 0 Å². The van der Waals surface area contributed by atoms with Crippen LogP contribution < -0.4 is 5.32 Å². The number of aliphatic hydroxyl groups excluding tert-OH is 1. The fourth-order valence-electron chi connectivity index (χ4n) is 2.03. The maximum Gasteiger partial charge on any atom is 0.0945 e. The standard InChI is InChI=1S/C14H19BrClNO3/c15-13-6-10(16)3-4-14(13)17-7-11(18)8-19-9-12-2-1-5-20-12/h3-4,6,11-12,17-18H,1-2,5,7-9H2. The zero-order valence-corrected chi connectivity index (χ0v) is 13.5. The number of halogens is 2. The van der Waals surface area contributed by atoms with Gasteiger partial charge in [0.15, 0.2) is 0 Å². The molecule has 0 amide bonds. The van der Waals surface area contributed by atoms with Crippen LogP contribution in [0.5, 0.6) is 0 Å². The van der Waals surface area contributed by atoms with Gasteiger partial charge in [0.1, 0.15) is 0 Å². The molecule has 20 heavy (non-hydrogen) atoms. The van der Waals surface area contributed by atoms with Gasteiger partial charge >= 0.3 is 0 Å². The Labute approximate surface area is 132 Å². The second-order valence-corrected chi connectivity index (χ2v) is 6.12. The molecule has 2 rings (SSSR count). The van der Waals surface area contributed by atoms with Crippen LogP contribution in [0.3, 0.4) is 0 Å². The van der Waals surface area contributed by atoms with E-state index < -0.39 is 6.10 Å². The van der Waals surface area contributed by atoms with Crippen LogP contribution in [0.1, 0.15) is 12.8 Å². The fraction of sp³-hybridized carbons (Fsp3) is 0.571. The minimum Gasteiger partial charge on any atom is -0.389 e. The normalized spacial score (nSPS) is 20.1. The lowest BCUT2D eigenvalue weighted by molar-refractivity contribution is -0.0137. The number of hydrogen-bond donors (Lipinski definition) is 2. The molecule has 112 valence electrons. The predicted molar refractivity (Wildman–Crippen MR) is 83.4 cm³/mol. The maximum absolute atomic E-state index is 9.86. The highest BCUT2D eigenvalue weighted by atomic mass is 79.9. The lowest BCUT2D eigenvalue weighted by Crippen LogP contribution is -2.27. The predicted octanol–water partition coefficient (Wildman–Crippen LogP) is 3.07. The van der Waals surface area contributed by atoms with Crippen molar-refractivity contribution in [2.75, 3.05) is 31.7 Å². The third-order valence-corrected chi connectivity index (χ3v) is 3.99. The summed E-state index contributed by atoms with van der Waals surface area (Å²) >= 11 is 9.29. The zero-order chi connectivity index (χ0) is 14.4. The van der Waals surface area contributed by atoms with E-state index in [1.165, 1.54) is 0 Å². The molecule has 2 N–H and O–H groups in total. The number of ether oxygens (including phenoxy) is 2. The molecule has 0 bridgehead atoms. The van der Waals surface area contributed by atoms with Crippen LogP contribution in [-0.2, 0) is 9.47 Å². The largest absolute Gasteiger partial charge is 0.389 e. The Balaban J connectivity index is 1.65. The number of benzene rings is 1. The Hall–Kier alpha value is -0.330. The molecule has 0 radical (unpaired) electrons. The molecule has 1 aromatic rings. The van der Waals surface area contributed by atoms with Crippen molar-refractivity contribution < 1.29 is 14.6 Å². The van der Waals surface area contributed by atoms with E-state index in [9.17, 15) is 5.11 Å². The van der Waals surface area contributed by atoms with E-state index in [4.69, 9.17) is 21.1 Å². The third kappa shape index (κ3) is 5.22. The van der Waals surface area contributed by atoms with Gasteiger partial charge < -0.3 is 19.9 Å². The first-order valence-corrected chi connectivity index (χ1v) is 7.88. The Morgan fingerprint density at radius 3 is 3.10 bits per heavy atom. The molecule has 1 aromatic carbocycles. The van der Waals surface area contributed by atoms with Crippen LogP contribution in [0.15, 0.2) is 22.7 Å². The van der Waals surface area contributed by atoms with Crippen molar-refractivity contribution in [3.63, 3.8) is 0 Å². The molecule has 4 nitrogen and oxygen atoms in total. The molecule has 0 saturated carbocycles. The lowest BCUT2D eigenvalue weighted by Gasteiger charge is -2.16. The average molecular weight is 365 g/mol. The van der Waals surface area contributed by atoms with Crippen molar-refractivity contribution >= 4 is 33.2 Å². The first-order valence-electron chi connectivity index (χ1n) is 6.71. The van der Waals surface area contributed by atoms with Crippen molar-refractivity contribution in [2.45, 2.75) is 25.0 Å². The molecular weight excluding hydrogens is 346 g/mol. The smallest absolute Gasteiger partial charge is 0.0945 e. The second kappa shape index (κ2) is 8.20. The molecule has 2 atom stereocenters. The number of rotatable bonds is 7. The maximum atomic E-state index is 9.86. The summed E-state index contributed by atoms with van der Waals surface area (Å²) in [6.45, 7) is 2.11. The Bertz CT molecular complexity index is 427. The quantitative estimate of drug-likeness (QED) is 0.781. The Kier molecular flexibility index (Phi) is 6.58. The number of nitrogens with one attached hydrogen (secondary N) is 1. The van der Waals surface area contributed by atoms with Crippen LogP contribution in [-0.4, -0.2) is 43.7 Å². The average Bonchev–Trinajstić information content (AvgIpc) is 2.91. The molecule has 0 aliphatic carbocycles. The summed E-state index contributed by atoms with van der Waals surface area (Å²) in [5, 5.41) is 13.7.